The molecule has 0 aromatic heterocycles. The molecule has 0 saturated carbocycles. The number of thiol groups is 1. The molecule has 0 heterocycles. The fraction of sp³-hybridized carbons (Fsp3) is 0.222. The highest BCUT2D eigenvalue weighted by atomic mass is 35.5. The van der Waals surface area contributed by atoms with E-state index in [2.05, 4.69) is 12.6 Å². The second kappa shape index (κ2) is 4.03. The SMILES string of the molecule is COc1c(C(=O)Cl)ccc(C)c1S. The molecule has 0 aliphatic rings. The van der Waals surface area contributed by atoms with Crippen LogP contribution < -0.4 is 4.74 Å². The molecule has 0 radical (unpaired) electrons. The molecule has 4 heteroatoms. The van der Waals surface area contributed by atoms with Gasteiger partial charge in [0.1, 0.15) is 5.75 Å². The minimum atomic E-state index is -0.535. The summed E-state index contributed by atoms with van der Waals surface area (Å²) in [7, 11) is 1.48. The molecule has 0 amide bonds. The second-order valence-corrected chi connectivity index (χ2v) is 3.38. The third-order valence-electron chi connectivity index (χ3n) is 1.75. The zero-order valence-electron chi connectivity index (χ0n) is 7.30. The van der Waals surface area contributed by atoms with Crippen molar-refractivity contribution in [1.82, 2.24) is 0 Å². The molecule has 2 nitrogen and oxygen atoms in total. The Morgan fingerprint density at radius 2 is 2.15 bits per heavy atom. The first-order chi connectivity index (χ1) is 6.07. The summed E-state index contributed by atoms with van der Waals surface area (Å²) in [6.07, 6.45) is 0. The monoisotopic (exact) mass is 216 g/mol. The molecule has 0 aliphatic carbocycles. The maximum absolute atomic E-state index is 10.9. The third-order valence-corrected chi connectivity index (χ3v) is 2.51. The largest absolute Gasteiger partial charge is 0.495 e. The molecule has 1 aromatic carbocycles. The van der Waals surface area contributed by atoms with Crippen LogP contribution in [0, 0.1) is 6.92 Å². The summed E-state index contributed by atoms with van der Waals surface area (Å²) in [5.41, 5.74) is 1.29. The van der Waals surface area contributed by atoms with Gasteiger partial charge in [-0.2, -0.15) is 0 Å². The number of hydrogen-bond acceptors (Lipinski definition) is 3. The van der Waals surface area contributed by atoms with E-state index in [1.807, 2.05) is 6.92 Å². The topological polar surface area (TPSA) is 26.3 Å². The zero-order chi connectivity index (χ0) is 10.0. The number of halogens is 1. The van der Waals surface area contributed by atoms with Gasteiger partial charge in [0.15, 0.2) is 0 Å². The molecule has 0 bridgehead atoms. The van der Waals surface area contributed by atoms with Gasteiger partial charge in [0.05, 0.1) is 12.7 Å². The van der Waals surface area contributed by atoms with E-state index in [1.165, 1.54) is 7.11 Å². The number of rotatable bonds is 2. The van der Waals surface area contributed by atoms with Crippen molar-refractivity contribution in [3.8, 4) is 5.75 Å². The lowest BCUT2D eigenvalue weighted by Gasteiger charge is -2.09. The van der Waals surface area contributed by atoms with Gasteiger partial charge >= 0.3 is 0 Å². The predicted octanol–water partition coefficient (Wildman–Crippen LogP) is 2.67. The van der Waals surface area contributed by atoms with E-state index in [0.717, 1.165) is 5.56 Å². The molecule has 70 valence electrons. The van der Waals surface area contributed by atoms with Crippen LogP contribution in [0.15, 0.2) is 17.0 Å². The first kappa shape index (κ1) is 10.4. The summed E-state index contributed by atoms with van der Waals surface area (Å²) in [6.45, 7) is 1.88. The molecule has 0 fully saturated rings. The van der Waals surface area contributed by atoms with Crippen molar-refractivity contribution in [2.24, 2.45) is 0 Å². The number of ether oxygens (including phenoxy) is 1. The van der Waals surface area contributed by atoms with Gasteiger partial charge < -0.3 is 4.74 Å². The lowest BCUT2D eigenvalue weighted by Crippen LogP contribution is -1.97. The maximum Gasteiger partial charge on any atom is 0.256 e. The molecule has 0 saturated heterocycles. The Kier molecular flexibility index (Phi) is 3.22. The van der Waals surface area contributed by atoms with Gasteiger partial charge in [0, 0.05) is 4.90 Å². The molecular formula is C9H9ClO2S. The molecule has 13 heavy (non-hydrogen) atoms. The predicted molar refractivity (Wildman–Crippen MR) is 55.2 cm³/mol. The van der Waals surface area contributed by atoms with Crippen molar-refractivity contribution < 1.29 is 9.53 Å². The van der Waals surface area contributed by atoms with Crippen molar-refractivity contribution in [1.29, 1.82) is 0 Å². The maximum atomic E-state index is 10.9. The first-order valence-corrected chi connectivity index (χ1v) is 4.46. The summed E-state index contributed by atoms with van der Waals surface area (Å²) in [4.78, 5) is 11.6. The Morgan fingerprint density at radius 1 is 1.54 bits per heavy atom. The Labute approximate surface area is 87.3 Å². The Balaban J connectivity index is 3.38. The van der Waals surface area contributed by atoms with Crippen LogP contribution in [-0.4, -0.2) is 12.4 Å². The van der Waals surface area contributed by atoms with Crippen LogP contribution in [0.5, 0.6) is 5.75 Å². The Hall–Kier alpha value is -0.670. The lowest BCUT2D eigenvalue weighted by atomic mass is 10.1. The van der Waals surface area contributed by atoms with Gasteiger partial charge in [-0.3, -0.25) is 4.79 Å². The van der Waals surface area contributed by atoms with Crippen molar-refractivity contribution in [3.63, 3.8) is 0 Å². The van der Waals surface area contributed by atoms with Gasteiger partial charge in [0.2, 0.25) is 0 Å². The van der Waals surface area contributed by atoms with E-state index in [4.69, 9.17) is 16.3 Å². The minimum absolute atomic E-state index is 0.347. The second-order valence-electron chi connectivity index (χ2n) is 2.59. The first-order valence-electron chi connectivity index (χ1n) is 3.64. The molecule has 0 aliphatic heterocycles. The fourth-order valence-corrected chi connectivity index (χ4v) is 1.47. The van der Waals surface area contributed by atoms with Crippen LogP contribution in [0.4, 0.5) is 0 Å². The summed E-state index contributed by atoms with van der Waals surface area (Å²) < 4.78 is 5.04. The molecule has 1 aromatic rings. The van der Waals surface area contributed by atoms with Crippen LogP contribution in [0.1, 0.15) is 15.9 Å². The van der Waals surface area contributed by atoms with Gasteiger partial charge in [0.25, 0.3) is 5.24 Å². The normalized spacial score (nSPS) is 9.85. The number of methoxy groups -OCH3 is 1. The number of hydrogen-bond donors (Lipinski definition) is 1. The number of aryl methyl sites for hydroxylation is 1. The summed E-state index contributed by atoms with van der Waals surface area (Å²) in [5.74, 6) is 0.434. The zero-order valence-corrected chi connectivity index (χ0v) is 8.95. The van der Waals surface area contributed by atoms with Gasteiger partial charge in [-0.25, -0.2) is 0 Å². The molecule has 0 atom stereocenters. The third kappa shape index (κ3) is 1.98. The highest BCUT2D eigenvalue weighted by Crippen LogP contribution is 2.30. The molecule has 1 rings (SSSR count). The van der Waals surface area contributed by atoms with Gasteiger partial charge in [-0.1, -0.05) is 6.07 Å². The van der Waals surface area contributed by atoms with E-state index in [9.17, 15) is 4.79 Å². The molecule has 0 unspecified atom stereocenters. The number of benzene rings is 1. The number of carbonyl (C=O) groups is 1. The van der Waals surface area contributed by atoms with E-state index < -0.39 is 5.24 Å². The van der Waals surface area contributed by atoms with Crippen molar-refractivity contribution >= 4 is 29.5 Å². The van der Waals surface area contributed by atoms with Crippen molar-refractivity contribution in [3.05, 3.63) is 23.3 Å². The number of carbonyl (C=O) groups excluding carboxylic acids is 1. The Bertz CT molecular complexity index is 350. The highest BCUT2D eigenvalue weighted by Gasteiger charge is 2.13. The standard InChI is InChI=1S/C9H9ClO2S/c1-5-3-4-6(9(10)11)7(12-2)8(5)13/h3-4,13H,1-2H3. The van der Waals surface area contributed by atoms with E-state index >= 15 is 0 Å². The van der Waals surface area contributed by atoms with Crippen LogP contribution in [-0.2, 0) is 0 Å². The van der Waals surface area contributed by atoms with Crippen molar-refractivity contribution in [2.45, 2.75) is 11.8 Å². The fourth-order valence-electron chi connectivity index (χ4n) is 1.03. The van der Waals surface area contributed by atoms with Crippen molar-refractivity contribution in [2.75, 3.05) is 7.11 Å². The molecule has 0 spiro atoms. The quantitative estimate of drug-likeness (QED) is 0.608. The van der Waals surface area contributed by atoms with Crippen LogP contribution in [0.2, 0.25) is 0 Å². The average molecular weight is 217 g/mol. The van der Waals surface area contributed by atoms with Gasteiger partial charge in [-0.05, 0) is 30.2 Å². The van der Waals surface area contributed by atoms with Crippen LogP contribution in [0.3, 0.4) is 0 Å². The summed E-state index contributed by atoms with van der Waals surface area (Å²) in [5, 5.41) is -0.535. The minimum Gasteiger partial charge on any atom is -0.495 e. The average Bonchev–Trinajstić information content (AvgIpc) is 2.09. The van der Waals surface area contributed by atoms with Gasteiger partial charge in [-0.15, -0.1) is 12.6 Å². The Morgan fingerprint density at radius 3 is 2.62 bits per heavy atom. The highest BCUT2D eigenvalue weighted by molar-refractivity contribution is 7.80. The molecular weight excluding hydrogens is 208 g/mol. The summed E-state index contributed by atoms with van der Waals surface area (Å²) in [6, 6.07) is 3.41. The van der Waals surface area contributed by atoms with Crippen LogP contribution in [0.25, 0.3) is 0 Å². The van der Waals surface area contributed by atoms with E-state index in [-0.39, 0.29) is 0 Å². The lowest BCUT2D eigenvalue weighted by molar-refractivity contribution is 0.107. The smallest absolute Gasteiger partial charge is 0.256 e. The summed E-state index contributed by atoms with van der Waals surface area (Å²) >= 11 is 9.58. The van der Waals surface area contributed by atoms with Crippen LogP contribution >= 0.6 is 24.2 Å². The molecule has 0 N–H and O–H groups in total. The van der Waals surface area contributed by atoms with E-state index in [1.54, 1.807) is 12.1 Å². The van der Waals surface area contributed by atoms with E-state index in [0.29, 0.717) is 16.2 Å².